The quantitative estimate of drug-likeness (QED) is 0.168. The largest absolute Gasteiger partial charge is 0.299 e. The molecule has 0 aliphatic carbocycles. The molecule has 0 heterocycles. The molecule has 1 aromatic carbocycles. The Hall–Kier alpha value is -1.73. The zero-order chi connectivity index (χ0) is 14.6. The molecule has 1 N–H and O–H groups in total. The number of nitro groups is 1. The van der Waals surface area contributed by atoms with Crippen LogP contribution in [0.1, 0.15) is 0 Å². The van der Waals surface area contributed by atoms with Gasteiger partial charge in [0.15, 0.2) is 28.7 Å². The van der Waals surface area contributed by atoms with Gasteiger partial charge in [0.2, 0.25) is 0 Å². The van der Waals surface area contributed by atoms with Crippen molar-refractivity contribution in [2.45, 2.75) is 0 Å². The van der Waals surface area contributed by atoms with Gasteiger partial charge in [0.25, 0.3) is 5.69 Å². The van der Waals surface area contributed by atoms with E-state index in [9.17, 15) is 18.9 Å². The normalized spacial score (nSPS) is 11.0. The molecule has 0 saturated carbocycles. The molecule has 100 valence electrons. The Morgan fingerprint density at radius 2 is 2.32 bits per heavy atom. The first-order valence-corrected chi connectivity index (χ1v) is 6.53. The molecular weight excluding hydrogens is 346 g/mol. The van der Waals surface area contributed by atoms with Crippen LogP contribution in [0.5, 0.6) is 0 Å². The van der Waals surface area contributed by atoms with Crippen LogP contribution in [0.2, 0.25) is 0 Å². The van der Waals surface area contributed by atoms with E-state index in [2.05, 4.69) is 26.2 Å². The van der Waals surface area contributed by atoms with E-state index >= 15 is 0 Å². The van der Waals surface area contributed by atoms with Crippen LogP contribution in [0.15, 0.2) is 15.5 Å². The molecule has 0 unspecified atom stereocenters. The van der Waals surface area contributed by atoms with Gasteiger partial charge in [-0.25, -0.2) is 13.8 Å². The number of hydrogen-bond donors (Lipinski definition) is 1. The van der Waals surface area contributed by atoms with Crippen molar-refractivity contribution in [2.24, 2.45) is 4.99 Å². The summed E-state index contributed by atoms with van der Waals surface area (Å²) in [5, 5.41) is 21.4. The Morgan fingerprint density at radius 3 is 2.79 bits per heavy atom. The summed E-state index contributed by atoms with van der Waals surface area (Å²) in [6.45, 7) is 0. The van der Waals surface area contributed by atoms with Crippen molar-refractivity contribution in [3.05, 3.63) is 32.3 Å². The van der Waals surface area contributed by atoms with E-state index in [0.717, 1.165) is 11.8 Å². The average Bonchev–Trinajstić information content (AvgIpc) is 2.37. The number of halogens is 3. The highest BCUT2D eigenvalue weighted by Gasteiger charge is 2.24. The lowest BCUT2D eigenvalue weighted by molar-refractivity contribution is -0.384. The number of hydrogen-bond acceptors (Lipinski definition) is 5. The number of nitrogens with zero attached hydrogens (tertiary/aromatic N) is 3. The van der Waals surface area contributed by atoms with E-state index < -0.39 is 32.4 Å². The Bertz CT molecular complexity index is 603. The molecule has 0 bridgehead atoms. The summed E-state index contributed by atoms with van der Waals surface area (Å²) in [5.74, 6) is -2.65. The first-order chi connectivity index (χ1) is 8.92. The summed E-state index contributed by atoms with van der Waals surface area (Å²) in [4.78, 5) is 13.6. The number of rotatable bonds is 2. The van der Waals surface area contributed by atoms with E-state index in [1.165, 1.54) is 0 Å². The fourth-order valence-corrected chi connectivity index (χ4v) is 1.90. The monoisotopic (exact) mass is 350 g/mol. The van der Waals surface area contributed by atoms with Crippen LogP contribution in [0, 0.1) is 33.2 Å². The molecule has 0 amide bonds. The van der Waals surface area contributed by atoms with Crippen molar-refractivity contribution in [1.82, 2.24) is 5.32 Å². The third-order valence-corrected chi connectivity index (χ3v) is 3.19. The van der Waals surface area contributed by atoms with E-state index in [1.807, 2.05) is 0 Å². The number of thioether (sulfide) groups is 1. The zero-order valence-corrected chi connectivity index (χ0v) is 11.7. The molecule has 0 aromatic heterocycles. The summed E-state index contributed by atoms with van der Waals surface area (Å²) < 4.78 is 26.0. The molecule has 0 aliphatic heterocycles. The van der Waals surface area contributed by atoms with Gasteiger partial charge >= 0.3 is 0 Å². The Kier molecular flexibility index (Phi) is 5.20. The maximum atomic E-state index is 13.4. The minimum absolute atomic E-state index is 0.0114. The van der Waals surface area contributed by atoms with Crippen molar-refractivity contribution in [3.8, 4) is 6.19 Å². The maximum Gasteiger partial charge on any atom is 0.299 e. The molecular formula is C9H5BrF2N4O2S. The fraction of sp³-hybridized carbons (Fsp3) is 0.111. The summed E-state index contributed by atoms with van der Waals surface area (Å²) >= 11 is 3.70. The Balaban J connectivity index is 3.53. The van der Waals surface area contributed by atoms with Gasteiger partial charge in [-0.3, -0.25) is 15.4 Å². The molecule has 6 nitrogen and oxygen atoms in total. The van der Waals surface area contributed by atoms with Gasteiger partial charge in [-0.15, -0.1) is 0 Å². The predicted molar refractivity (Wildman–Crippen MR) is 70.1 cm³/mol. The predicted octanol–water partition coefficient (Wildman–Crippen LogP) is 3.06. The van der Waals surface area contributed by atoms with Gasteiger partial charge in [0, 0.05) is 0 Å². The highest BCUT2D eigenvalue weighted by atomic mass is 79.9. The van der Waals surface area contributed by atoms with Crippen molar-refractivity contribution < 1.29 is 13.7 Å². The van der Waals surface area contributed by atoms with Crippen LogP contribution >= 0.6 is 27.7 Å². The molecule has 1 aromatic rings. The van der Waals surface area contributed by atoms with Gasteiger partial charge in [0.1, 0.15) is 0 Å². The van der Waals surface area contributed by atoms with Gasteiger partial charge in [-0.05, 0) is 22.2 Å². The van der Waals surface area contributed by atoms with Gasteiger partial charge in [0.05, 0.1) is 15.5 Å². The standard InChI is InChI=1S/C9H5BrF2N4O2S/c1-19-9(14-3-13)15-8-5(16(17)18)2-4(11)7(12)6(8)10/h2H,1H3,(H,14,15). The smallest absolute Gasteiger partial charge is 0.271 e. The van der Waals surface area contributed by atoms with Gasteiger partial charge in [-0.2, -0.15) is 5.26 Å². The second kappa shape index (κ2) is 6.44. The highest BCUT2D eigenvalue weighted by molar-refractivity contribution is 9.10. The molecule has 0 spiro atoms. The van der Waals surface area contributed by atoms with Crippen molar-refractivity contribution in [1.29, 1.82) is 5.26 Å². The molecule has 0 radical (unpaired) electrons. The second-order valence-electron chi connectivity index (χ2n) is 2.97. The lowest BCUT2D eigenvalue weighted by atomic mass is 10.2. The number of aliphatic imine (C=N–C) groups is 1. The molecule has 1 rings (SSSR count). The van der Waals surface area contributed by atoms with Crippen LogP contribution < -0.4 is 5.32 Å². The number of nitro benzene ring substituents is 1. The van der Waals surface area contributed by atoms with Crippen LogP contribution in [0.3, 0.4) is 0 Å². The molecule has 10 heteroatoms. The van der Waals surface area contributed by atoms with E-state index in [-0.39, 0.29) is 5.17 Å². The van der Waals surface area contributed by atoms with Crippen LogP contribution in [0.25, 0.3) is 0 Å². The van der Waals surface area contributed by atoms with Crippen molar-refractivity contribution in [2.75, 3.05) is 6.26 Å². The minimum atomic E-state index is -1.36. The molecule has 0 saturated heterocycles. The fourth-order valence-electron chi connectivity index (χ4n) is 1.09. The van der Waals surface area contributed by atoms with Crippen molar-refractivity contribution >= 4 is 44.2 Å². The molecule has 0 atom stereocenters. The third-order valence-electron chi connectivity index (χ3n) is 1.88. The maximum absolute atomic E-state index is 13.4. The molecule has 0 aliphatic rings. The highest BCUT2D eigenvalue weighted by Crippen LogP contribution is 2.38. The first-order valence-electron chi connectivity index (χ1n) is 4.52. The lowest BCUT2D eigenvalue weighted by Gasteiger charge is -2.05. The summed E-state index contributed by atoms with van der Waals surface area (Å²) in [6.07, 6.45) is 3.14. The SMILES string of the molecule is CSC(=Nc1c([N+](=O)[O-])cc(F)c(F)c1Br)NC#N. The molecule has 0 fully saturated rings. The first kappa shape index (κ1) is 15.3. The number of benzene rings is 1. The number of nitriles is 1. The minimum Gasteiger partial charge on any atom is -0.271 e. The van der Waals surface area contributed by atoms with Gasteiger partial charge in [-0.1, -0.05) is 11.8 Å². The Labute approximate surface area is 118 Å². The Morgan fingerprint density at radius 1 is 1.68 bits per heavy atom. The van der Waals surface area contributed by atoms with E-state index in [0.29, 0.717) is 6.07 Å². The number of nitrogens with one attached hydrogen (secondary N) is 1. The summed E-state index contributed by atoms with van der Waals surface area (Å²) in [6, 6.07) is 0.434. The van der Waals surface area contributed by atoms with E-state index in [1.54, 1.807) is 12.4 Å². The molecule has 19 heavy (non-hydrogen) atoms. The average molecular weight is 351 g/mol. The van der Waals surface area contributed by atoms with Crippen molar-refractivity contribution in [3.63, 3.8) is 0 Å². The number of amidine groups is 1. The summed E-state index contributed by atoms with van der Waals surface area (Å²) in [7, 11) is 0. The zero-order valence-electron chi connectivity index (χ0n) is 9.28. The van der Waals surface area contributed by atoms with Crippen LogP contribution in [0.4, 0.5) is 20.2 Å². The lowest BCUT2D eigenvalue weighted by Crippen LogP contribution is -2.12. The third kappa shape index (κ3) is 3.39. The van der Waals surface area contributed by atoms with E-state index in [4.69, 9.17) is 5.26 Å². The van der Waals surface area contributed by atoms with Crippen LogP contribution in [-0.2, 0) is 0 Å². The van der Waals surface area contributed by atoms with Crippen LogP contribution in [-0.4, -0.2) is 16.3 Å². The second-order valence-corrected chi connectivity index (χ2v) is 4.56. The van der Waals surface area contributed by atoms with Gasteiger partial charge < -0.3 is 0 Å². The summed E-state index contributed by atoms with van der Waals surface area (Å²) in [5.41, 5.74) is -1.12. The topological polar surface area (TPSA) is 91.3 Å².